The third-order valence-electron chi connectivity index (χ3n) is 7.06. The number of carbonyl (C=O) groups excluding carboxylic acids is 3. The minimum atomic E-state index is -2.52. The van der Waals surface area contributed by atoms with Gasteiger partial charge in [0, 0.05) is 5.92 Å². The van der Waals surface area contributed by atoms with E-state index in [1.54, 1.807) is 20.2 Å². The van der Waals surface area contributed by atoms with Crippen LogP contribution in [0.2, 0.25) is 0 Å². The van der Waals surface area contributed by atoms with Gasteiger partial charge in [-0.2, -0.15) is 0 Å². The van der Waals surface area contributed by atoms with Gasteiger partial charge < -0.3 is 31.9 Å². The van der Waals surface area contributed by atoms with Crippen molar-refractivity contribution in [1.29, 1.82) is 0 Å². The Bertz CT molecular complexity index is 1050. The molecule has 0 bridgehead atoms. The number of aromatic hydroxyl groups is 1. The molecule has 1 amide bonds. The first-order valence-corrected chi connectivity index (χ1v) is 9.92. The zero-order chi connectivity index (χ0) is 23.0. The monoisotopic (exact) mass is 431 g/mol. The summed E-state index contributed by atoms with van der Waals surface area (Å²) in [6.07, 6.45) is -1.47. The number of nitrogens with two attached hydrogens (primary N) is 2. The van der Waals surface area contributed by atoms with Gasteiger partial charge in [0.25, 0.3) is 5.91 Å². The molecule has 0 saturated heterocycles. The van der Waals surface area contributed by atoms with Gasteiger partial charge in [0.1, 0.15) is 23.2 Å². The Balaban J connectivity index is 1.89. The molecular formula is C21H25N3O7. The predicted molar refractivity (Wildman–Crippen MR) is 108 cm³/mol. The molecule has 6 atom stereocenters. The average molecular weight is 431 g/mol. The number of amides is 1. The summed E-state index contributed by atoms with van der Waals surface area (Å²) in [5.41, 5.74) is 8.22. The van der Waals surface area contributed by atoms with Crippen molar-refractivity contribution in [2.75, 3.05) is 19.8 Å². The zero-order valence-electron chi connectivity index (χ0n) is 17.1. The predicted octanol–water partition coefficient (Wildman–Crippen LogP) is -1.13. The van der Waals surface area contributed by atoms with Crippen molar-refractivity contribution in [3.8, 4) is 5.75 Å². The van der Waals surface area contributed by atoms with Crippen molar-refractivity contribution in [2.45, 2.75) is 30.6 Å². The van der Waals surface area contributed by atoms with E-state index in [-0.39, 0.29) is 17.7 Å². The number of nitrogen functional groups attached to an aromatic ring is 1. The molecule has 1 fully saturated rings. The molecule has 8 N–H and O–H groups in total. The SMILES string of the molecule is CN(C)[C@@H]1C(O)=C(C(N)=O)C(=O)[C@@]2(O)C(O)C3C(=O)c4c(ccc(N)c4O)C[C@H]3C[C@@H]12. The molecule has 1 saturated carbocycles. The van der Waals surface area contributed by atoms with Gasteiger partial charge in [0.2, 0.25) is 5.78 Å². The van der Waals surface area contributed by atoms with Gasteiger partial charge in [0.05, 0.1) is 23.2 Å². The first-order valence-electron chi connectivity index (χ1n) is 9.92. The smallest absolute Gasteiger partial charge is 0.255 e. The summed E-state index contributed by atoms with van der Waals surface area (Å²) in [6.45, 7) is 0. The highest BCUT2D eigenvalue weighted by Crippen LogP contribution is 2.53. The number of benzene rings is 1. The van der Waals surface area contributed by atoms with E-state index in [9.17, 15) is 34.8 Å². The zero-order valence-corrected chi connectivity index (χ0v) is 17.1. The largest absolute Gasteiger partial charge is 0.510 e. The second kappa shape index (κ2) is 6.78. The minimum absolute atomic E-state index is 0.00211. The molecule has 3 aliphatic rings. The highest BCUT2D eigenvalue weighted by molar-refractivity contribution is 6.23. The second-order valence-corrected chi connectivity index (χ2v) is 8.87. The Morgan fingerprint density at radius 1 is 1.23 bits per heavy atom. The van der Waals surface area contributed by atoms with Crippen LogP contribution in [0.4, 0.5) is 5.69 Å². The summed E-state index contributed by atoms with van der Waals surface area (Å²) >= 11 is 0. The fourth-order valence-corrected chi connectivity index (χ4v) is 5.68. The Kier molecular flexibility index (Phi) is 4.65. The normalized spacial score (nSPS) is 34.9. The van der Waals surface area contributed by atoms with E-state index in [1.165, 1.54) is 11.0 Å². The Morgan fingerprint density at radius 3 is 2.45 bits per heavy atom. The van der Waals surface area contributed by atoms with Crippen LogP contribution in [-0.2, 0) is 16.0 Å². The first-order chi connectivity index (χ1) is 14.4. The fourth-order valence-electron chi connectivity index (χ4n) is 5.68. The molecule has 1 aromatic rings. The number of primary amides is 1. The highest BCUT2D eigenvalue weighted by Gasteiger charge is 2.66. The van der Waals surface area contributed by atoms with Crippen LogP contribution in [0.1, 0.15) is 22.3 Å². The molecule has 31 heavy (non-hydrogen) atoms. The van der Waals surface area contributed by atoms with Gasteiger partial charge in [-0.15, -0.1) is 0 Å². The van der Waals surface area contributed by atoms with Crippen LogP contribution in [-0.4, -0.2) is 74.6 Å². The minimum Gasteiger partial charge on any atom is -0.510 e. The summed E-state index contributed by atoms with van der Waals surface area (Å²) in [6, 6.07) is 2.14. The summed E-state index contributed by atoms with van der Waals surface area (Å²) < 4.78 is 0. The molecule has 10 heteroatoms. The maximum Gasteiger partial charge on any atom is 0.255 e. The maximum absolute atomic E-state index is 13.3. The number of nitrogens with zero attached hydrogens (tertiary/aromatic N) is 1. The Morgan fingerprint density at radius 2 is 1.87 bits per heavy atom. The van der Waals surface area contributed by atoms with E-state index in [4.69, 9.17) is 11.5 Å². The molecule has 0 spiro atoms. The van der Waals surface area contributed by atoms with Gasteiger partial charge in [-0.05, 0) is 44.5 Å². The van der Waals surface area contributed by atoms with Crippen LogP contribution < -0.4 is 11.5 Å². The number of aliphatic hydroxyl groups excluding tert-OH is 2. The van der Waals surface area contributed by atoms with Gasteiger partial charge in [-0.3, -0.25) is 19.3 Å². The van der Waals surface area contributed by atoms with Crippen molar-refractivity contribution < 1.29 is 34.8 Å². The van der Waals surface area contributed by atoms with Crippen LogP contribution in [0.15, 0.2) is 23.5 Å². The summed E-state index contributed by atoms with van der Waals surface area (Å²) in [7, 11) is 3.19. The molecule has 0 aromatic heterocycles. The van der Waals surface area contributed by atoms with E-state index in [2.05, 4.69) is 0 Å². The number of aliphatic hydroxyl groups is 3. The second-order valence-electron chi connectivity index (χ2n) is 8.87. The standard InChI is InChI=1S/C21H25N3O7/c1-24(2)14-9-6-8-5-7-3-4-10(22)15(25)11(7)16(26)12(8)18(28)21(9,31)19(29)13(17(14)27)20(23)30/h3-4,8-9,12,14,18,25,27-28,31H,5-6,22H2,1-2H3,(H2,23,30)/t8-,9-,12?,14-,18?,21-/m0/s1. The number of Topliss-reactive ketones (excluding diaryl/α,β-unsaturated/α-hetero) is 2. The lowest BCUT2D eigenvalue weighted by molar-refractivity contribution is -0.190. The quantitative estimate of drug-likeness (QED) is 0.191. The lowest BCUT2D eigenvalue weighted by Crippen LogP contribution is -2.71. The molecule has 0 heterocycles. The molecule has 0 radical (unpaired) electrons. The van der Waals surface area contributed by atoms with E-state index in [0.29, 0.717) is 12.0 Å². The molecule has 2 unspecified atom stereocenters. The topological polar surface area (TPSA) is 187 Å². The lowest BCUT2D eigenvalue weighted by atomic mass is 9.53. The van der Waals surface area contributed by atoms with Gasteiger partial charge in [-0.1, -0.05) is 6.07 Å². The number of anilines is 1. The number of likely N-dealkylation sites (N-methyl/N-ethyl adjacent to an activating group) is 1. The molecule has 10 nitrogen and oxygen atoms in total. The van der Waals surface area contributed by atoms with Crippen LogP contribution in [0.5, 0.6) is 5.75 Å². The number of rotatable bonds is 2. The number of ketones is 2. The van der Waals surface area contributed by atoms with Crippen molar-refractivity contribution in [3.05, 3.63) is 34.6 Å². The summed E-state index contributed by atoms with van der Waals surface area (Å²) in [5, 5.41) is 43.7. The molecular weight excluding hydrogens is 406 g/mol. The lowest BCUT2D eigenvalue weighted by Gasteiger charge is -2.55. The molecule has 0 aliphatic heterocycles. The molecule has 4 rings (SSSR count). The first kappa shape index (κ1) is 21.3. The van der Waals surface area contributed by atoms with Crippen molar-refractivity contribution in [1.82, 2.24) is 4.90 Å². The van der Waals surface area contributed by atoms with E-state index in [0.717, 1.165) is 0 Å². The van der Waals surface area contributed by atoms with Crippen molar-refractivity contribution in [3.63, 3.8) is 0 Å². The third-order valence-corrected chi connectivity index (χ3v) is 7.06. The number of phenols is 1. The highest BCUT2D eigenvalue weighted by atomic mass is 16.4. The number of fused-ring (bicyclic) bond motifs is 3. The van der Waals surface area contributed by atoms with E-state index >= 15 is 0 Å². The van der Waals surface area contributed by atoms with Crippen molar-refractivity contribution >= 4 is 23.2 Å². The third kappa shape index (κ3) is 2.65. The van der Waals surface area contributed by atoms with Crippen LogP contribution in [0.3, 0.4) is 0 Å². The van der Waals surface area contributed by atoms with Gasteiger partial charge in [-0.25, -0.2) is 0 Å². The van der Waals surface area contributed by atoms with E-state index in [1.807, 2.05) is 0 Å². The van der Waals surface area contributed by atoms with Gasteiger partial charge in [0.15, 0.2) is 11.4 Å². The summed E-state index contributed by atoms with van der Waals surface area (Å²) in [5.74, 6) is -6.71. The van der Waals surface area contributed by atoms with Crippen LogP contribution >= 0.6 is 0 Å². The summed E-state index contributed by atoms with van der Waals surface area (Å²) in [4.78, 5) is 39.9. The molecule has 166 valence electrons. The Labute approximate surface area is 177 Å². The number of phenolic OH excluding ortho intramolecular Hbond substituents is 1. The Hall–Kier alpha value is -2.95. The number of hydrogen-bond donors (Lipinski definition) is 6. The van der Waals surface area contributed by atoms with Crippen LogP contribution in [0, 0.1) is 17.8 Å². The van der Waals surface area contributed by atoms with Gasteiger partial charge >= 0.3 is 0 Å². The molecule has 1 aromatic carbocycles. The van der Waals surface area contributed by atoms with Crippen LogP contribution in [0.25, 0.3) is 0 Å². The number of hydrogen-bond acceptors (Lipinski definition) is 9. The van der Waals surface area contributed by atoms with Crippen molar-refractivity contribution in [2.24, 2.45) is 23.5 Å². The number of carbonyl (C=O) groups is 3. The maximum atomic E-state index is 13.3. The average Bonchev–Trinajstić information content (AvgIpc) is 2.67. The van der Waals surface area contributed by atoms with E-state index < -0.39 is 70.1 Å². The molecule has 3 aliphatic carbocycles. The fraction of sp³-hybridized carbons (Fsp3) is 0.476.